The summed E-state index contributed by atoms with van der Waals surface area (Å²) in [6.45, 7) is 0.926. The molecule has 1 aromatic rings. The molecule has 1 aliphatic heterocycles. The molecule has 1 heterocycles. The number of carbonyl (C=O) groups excluding carboxylic acids is 1. The maximum Gasteiger partial charge on any atom is 0.248 e. The molecule has 0 spiro atoms. The summed E-state index contributed by atoms with van der Waals surface area (Å²) in [6.07, 6.45) is 3.73. The molecule has 0 atom stereocenters. The van der Waals surface area contributed by atoms with Gasteiger partial charge in [0, 0.05) is 5.56 Å². The van der Waals surface area contributed by atoms with Gasteiger partial charge in [0.05, 0.1) is 4.47 Å². The predicted octanol–water partition coefficient (Wildman–Crippen LogP) is 1.88. The number of carbonyl (C=O) groups is 1. The van der Waals surface area contributed by atoms with Crippen molar-refractivity contribution in [2.24, 2.45) is 5.73 Å². The molecule has 1 amide bonds. The van der Waals surface area contributed by atoms with E-state index >= 15 is 0 Å². The summed E-state index contributed by atoms with van der Waals surface area (Å²) in [7, 11) is 0. The van der Waals surface area contributed by atoms with Gasteiger partial charge in [-0.2, -0.15) is 0 Å². The predicted molar refractivity (Wildman–Crippen MR) is 62.8 cm³/mol. The molecule has 0 saturated heterocycles. The molecule has 2 rings (SSSR count). The van der Waals surface area contributed by atoms with Crippen LogP contribution in [0.25, 0.3) is 0 Å². The van der Waals surface area contributed by atoms with Crippen molar-refractivity contribution >= 4 is 21.8 Å². The Morgan fingerprint density at radius 3 is 2.62 bits per heavy atom. The lowest BCUT2D eigenvalue weighted by Crippen LogP contribution is -2.12. The third-order valence-electron chi connectivity index (χ3n) is 2.12. The van der Waals surface area contributed by atoms with Gasteiger partial charge in [-0.3, -0.25) is 4.79 Å². The topological polar surface area (TPSA) is 61.6 Å². The van der Waals surface area contributed by atoms with Crippen LogP contribution in [0.3, 0.4) is 0 Å². The number of halogens is 1. The lowest BCUT2D eigenvalue weighted by Gasteiger charge is -2.15. The number of ether oxygens (including phenoxy) is 2. The van der Waals surface area contributed by atoms with E-state index in [1.807, 2.05) is 12.2 Å². The average Bonchev–Trinajstić information content (AvgIpc) is 2.19. The van der Waals surface area contributed by atoms with Crippen LogP contribution in [-0.4, -0.2) is 19.1 Å². The van der Waals surface area contributed by atoms with E-state index in [2.05, 4.69) is 15.9 Å². The lowest BCUT2D eigenvalue weighted by atomic mass is 10.2. The second kappa shape index (κ2) is 4.57. The number of fused-ring (bicyclic) bond motifs is 1. The van der Waals surface area contributed by atoms with Gasteiger partial charge in [0.15, 0.2) is 11.5 Å². The number of hydrogen-bond acceptors (Lipinski definition) is 3. The molecule has 1 aliphatic rings. The van der Waals surface area contributed by atoms with Crippen molar-refractivity contribution < 1.29 is 14.3 Å². The van der Waals surface area contributed by atoms with Gasteiger partial charge in [-0.15, -0.1) is 0 Å². The van der Waals surface area contributed by atoms with E-state index in [1.54, 1.807) is 12.1 Å². The maximum atomic E-state index is 11.1. The first-order valence-electron chi connectivity index (χ1n) is 4.72. The highest BCUT2D eigenvalue weighted by molar-refractivity contribution is 9.10. The molecule has 84 valence electrons. The van der Waals surface area contributed by atoms with Crippen molar-refractivity contribution in [2.45, 2.75) is 0 Å². The minimum atomic E-state index is -0.496. The van der Waals surface area contributed by atoms with Crippen molar-refractivity contribution in [1.29, 1.82) is 0 Å². The highest BCUT2D eigenvalue weighted by Gasteiger charge is 2.15. The molecule has 4 nitrogen and oxygen atoms in total. The summed E-state index contributed by atoms with van der Waals surface area (Å²) in [6, 6.07) is 3.21. The van der Waals surface area contributed by atoms with E-state index in [0.29, 0.717) is 34.7 Å². The van der Waals surface area contributed by atoms with Crippen LogP contribution in [0, 0.1) is 0 Å². The monoisotopic (exact) mass is 283 g/mol. The fourth-order valence-electron chi connectivity index (χ4n) is 1.36. The maximum absolute atomic E-state index is 11.1. The van der Waals surface area contributed by atoms with E-state index in [1.165, 1.54) is 0 Å². The Morgan fingerprint density at radius 1 is 1.25 bits per heavy atom. The van der Waals surface area contributed by atoms with Crippen molar-refractivity contribution in [2.75, 3.05) is 13.2 Å². The molecule has 0 unspecified atom stereocenters. The van der Waals surface area contributed by atoms with Gasteiger partial charge >= 0.3 is 0 Å². The summed E-state index contributed by atoms with van der Waals surface area (Å²) in [5, 5.41) is 0. The summed E-state index contributed by atoms with van der Waals surface area (Å²) in [5.74, 6) is 0.617. The molecule has 16 heavy (non-hydrogen) atoms. The fourth-order valence-corrected chi connectivity index (χ4v) is 1.92. The van der Waals surface area contributed by atoms with Crippen LogP contribution >= 0.6 is 15.9 Å². The van der Waals surface area contributed by atoms with E-state index in [4.69, 9.17) is 15.2 Å². The number of rotatable bonds is 1. The fraction of sp³-hybridized carbons (Fsp3) is 0.182. The molecular weight excluding hydrogens is 274 g/mol. The highest BCUT2D eigenvalue weighted by Crippen LogP contribution is 2.37. The van der Waals surface area contributed by atoms with Crippen LogP contribution in [0.2, 0.25) is 0 Å². The number of amides is 1. The molecule has 0 bridgehead atoms. The number of hydrogen-bond donors (Lipinski definition) is 1. The molecule has 0 radical (unpaired) electrons. The number of benzene rings is 1. The van der Waals surface area contributed by atoms with Crippen LogP contribution in [0.1, 0.15) is 10.4 Å². The average molecular weight is 284 g/mol. The SMILES string of the molecule is NC(=O)c1cc(Br)c2c(c1)OCC=CCO2. The van der Waals surface area contributed by atoms with Gasteiger partial charge < -0.3 is 15.2 Å². The minimum Gasteiger partial charge on any atom is -0.486 e. The molecule has 0 aliphatic carbocycles. The second-order valence-electron chi connectivity index (χ2n) is 3.24. The van der Waals surface area contributed by atoms with Crippen LogP contribution in [-0.2, 0) is 0 Å². The molecule has 0 saturated carbocycles. The van der Waals surface area contributed by atoms with Crippen LogP contribution in [0.5, 0.6) is 11.5 Å². The molecular formula is C11H10BrNO3. The normalized spacial score (nSPS) is 14.1. The highest BCUT2D eigenvalue weighted by atomic mass is 79.9. The summed E-state index contributed by atoms with van der Waals surface area (Å²) in [4.78, 5) is 11.1. The third kappa shape index (κ3) is 2.19. The zero-order valence-corrected chi connectivity index (χ0v) is 9.99. The first-order valence-corrected chi connectivity index (χ1v) is 5.51. The van der Waals surface area contributed by atoms with Crippen molar-refractivity contribution in [3.63, 3.8) is 0 Å². The first kappa shape index (κ1) is 11.0. The van der Waals surface area contributed by atoms with Gasteiger partial charge in [0.2, 0.25) is 5.91 Å². The molecule has 0 aromatic heterocycles. The summed E-state index contributed by atoms with van der Waals surface area (Å²) in [5.41, 5.74) is 5.60. The van der Waals surface area contributed by atoms with Crippen LogP contribution < -0.4 is 15.2 Å². The zero-order chi connectivity index (χ0) is 11.5. The van der Waals surface area contributed by atoms with Crippen molar-refractivity contribution in [3.05, 3.63) is 34.3 Å². The van der Waals surface area contributed by atoms with Gasteiger partial charge in [-0.1, -0.05) is 0 Å². The molecule has 2 N–H and O–H groups in total. The number of nitrogens with two attached hydrogens (primary N) is 1. The van der Waals surface area contributed by atoms with E-state index < -0.39 is 5.91 Å². The standard InChI is InChI=1S/C11H10BrNO3/c12-8-5-7(11(13)14)6-9-10(8)16-4-2-1-3-15-9/h1-2,5-6H,3-4H2,(H2,13,14). The molecule has 1 aromatic carbocycles. The Kier molecular flexibility index (Phi) is 3.14. The van der Waals surface area contributed by atoms with E-state index in [-0.39, 0.29) is 0 Å². The summed E-state index contributed by atoms with van der Waals surface area (Å²) < 4.78 is 11.6. The first-order chi connectivity index (χ1) is 7.68. The van der Waals surface area contributed by atoms with Crippen molar-refractivity contribution in [3.8, 4) is 11.5 Å². The van der Waals surface area contributed by atoms with Gasteiger partial charge in [0.25, 0.3) is 0 Å². The van der Waals surface area contributed by atoms with Gasteiger partial charge in [-0.05, 0) is 40.2 Å². The molecule has 5 heteroatoms. The Labute approximate surface area is 101 Å². The molecule has 0 fully saturated rings. The van der Waals surface area contributed by atoms with E-state index in [0.717, 1.165) is 0 Å². The second-order valence-corrected chi connectivity index (χ2v) is 4.10. The van der Waals surface area contributed by atoms with Crippen molar-refractivity contribution in [1.82, 2.24) is 0 Å². The quantitative estimate of drug-likeness (QED) is 0.801. The lowest BCUT2D eigenvalue weighted by molar-refractivity contribution is 0.0999. The minimum absolute atomic E-state index is 0.388. The number of primary amides is 1. The van der Waals surface area contributed by atoms with Crippen LogP contribution in [0.4, 0.5) is 0 Å². The summed E-state index contributed by atoms with van der Waals surface area (Å²) >= 11 is 3.32. The van der Waals surface area contributed by atoms with Gasteiger partial charge in [0.1, 0.15) is 13.2 Å². The van der Waals surface area contributed by atoms with Crippen LogP contribution in [0.15, 0.2) is 28.8 Å². The Balaban J connectivity index is 2.45. The Morgan fingerprint density at radius 2 is 1.94 bits per heavy atom. The van der Waals surface area contributed by atoms with Gasteiger partial charge in [-0.25, -0.2) is 0 Å². The largest absolute Gasteiger partial charge is 0.486 e. The zero-order valence-electron chi connectivity index (χ0n) is 8.40. The third-order valence-corrected chi connectivity index (χ3v) is 2.71. The Bertz CT molecular complexity index is 457. The van der Waals surface area contributed by atoms with E-state index in [9.17, 15) is 4.79 Å². The Hall–Kier alpha value is -1.49. The smallest absolute Gasteiger partial charge is 0.248 e.